The summed E-state index contributed by atoms with van der Waals surface area (Å²) in [6, 6.07) is -0.491. The number of carbonyl (C=O) groups excluding carboxylic acids is 6. The van der Waals surface area contributed by atoms with Crippen LogP contribution in [0.2, 0.25) is 0 Å². The van der Waals surface area contributed by atoms with Gasteiger partial charge in [-0.15, -0.1) is 0 Å². The number of hydrogen-bond donors (Lipinski definition) is 1. The van der Waals surface area contributed by atoms with Crippen molar-refractivity contribution in [2.24, 2.45) is 5.92 Å². The van der Waals surface area contributed by atoms with Crippen LogP contribution in [0.5, 0.6) is 0 Å². The molecular weight excluding hydrogens is 923 g/mol. The molecule has 1 N–H and O–H groups in total. The topological polar surface area (TPSA) is 158 Å². The van der Waals surface area contributed by atoms with Crippen molar-refractivity contribution in [3.63, 3.8) is 0 Å². The minimum Gasteiger partial charge on any atom is -0.466 e. The molecule has 0 aliphatic heterocycles. The van der Waals surface area contributed by atoms with Crippen molar-refractivity contribution < 1.29 is 47.7 Å². The van der Waals surface area contributed by atoms with E-state index in [1.807, 2.05) is 19.0 Å². The molecule has 0 radical (unpaired) electrons. The van der Waals surface area contributed by atoms with E-state index < -0.39 is 29.8 Å². The summed E-state index contributed by atoms with van der Waals surface area (Å²) in [7, 11) is 3.86. The largest absolute Gasteiger partial charge is 0.466 e. The zero-order chi connectivity index (χ0) is 54.0. The van der Waals surface area contributed by atoms with Gasteiger partial charge in [-0.2, -0.15) is 0 Å². The minimum absolute atomic E-state index is 0.0421. The Kier molecular flexibility index (Phi) is 48.7. The fourth-order valence-corrected chi connectivity index (χ4v) is 9.19. The number of rotatable bonds is 52. The Labute approximate surface area is 447 Å². The van der Waals surface area contributed by atoms with E-state index in [0.717, 1.165) is 51.4 Å². The summed E-state index contributed by atoms with van der Waals surface area (Å²) < 4.78 is 23.1. The van der Waals surface area contributed by atoms with Gasteiger partial charge in [0, 0.05) is 44.7 Å². The first-order chi connectivity index (χ1) is 35.4. The lowest BCUT2D eigenvalue weighted by Crippen LogP contribution is -2.47. The average molecular weight is 1040 g/mol. The number of amides is 3. The van der Waals surface area contributed by atoms with Gasteiger partial charge in [0.1, 0.15) is 12.2 Å². The number of nitrogens with one attached hydrogen (secondary N) is 1. The lowest BCUT2D eigenvalue weighted by Gasteiger charge is -2.26. The summed E-state index contributed by atoms with van der Waals surface area (Å²) in [6.45, 7) is 11.8. The van der Waals surface area contributed by atoms with Crippen molar-refractivity contribution in [2.75, 3.05) is 46.9 Å². The highest BCUT2D eigenvalue weighted by Gasteiger charge is 2.29. The highest BCUT2D eigenvalue weighted by molar-refractivity contribution is 5.95. The molecule has 0 atom stereocenters. The van der Waals surface area contributed by atoms with Crippen molar-refractivity contribution in [3.8, 4) is 0 Å². The minimum atomic E-state index is -0.742. The van der Waals surface area contributed by atoms with Crippen molar-refractivity contribution in [3.05, 3.63) is 0 Å². The Morgan fingerprint density at radius 1 is 0.384 bits per heavy atom. The number of ether oxygens (including phenoxy) is 4. The molecule has 0 aromatic heterocycles. The Balaban J connectivity index is 5.22. The summed E-state index contributed by atoms with van der Waals surface area (Å²) >= 11 is 0. The second kappa shape index (κ2) is 50.9. The zero-order valence-corrected chi connectivity index (χ0v) is 48.3. The third-order valence-corrected chi connectivity index (χ3v) is 13.8. The van der Waals surface area contributed by atoms with Crippen molar-refractivity contribution in [1.29, 1.82) is 0 Å². The van der Waals surface area contributed by atoms with Crippen LogP contribution in [0.25, 0.3) is 0 Å². The molecule has 0 bridgehead atoms. The van der Waals surface area contributed by atoms with Crippen LogP contribution in [0, 0.1) is 5.92 Å². The molecule has 13 heteroatoms. The molecule has 0 rings (SSSR count). The molecule has 428 valence electrons. The summed E-state index contributed by atoms with van der Waals surface area (Å²) in [5, 5.41) is 2.75. The predicted octanol–water partition coefficient (Wildman–Crippen LogP) is 14.9. The van der Waals surface area contributed by atoms with Gasteiger partial charge < -0.3 is 29.2 Å². The highest BCUT2D eigenvalue weighted by atomic mass is 16.6. The molecule has 0 aromatic carbocycles. The molecule has 0 aliphatic carbocycles. The molecule has 0 unspecified atom stereocenters. The van der Waals surface area contributed by atoms with Crippen LogP contribution >= 0.6 is 0 Å². The van der Waals surface area contributed by atoms with Crippen LogP contribution in [-0.2, 0) is 42.9 Å². The van der Waals surface area contributed by atoms with Crippen LogP contribution in [0.1, 0.15) is 285 Å². The summed E-state index contributed by atoms with van der Waals surface area (Å²) in [4.78, 5) is 81.9. The summed E-state index contributed by atoms with van der Waals surface area (Å²) in [5.41, 5.74) is 0. The van der Waals surface area contributed by atoms with E-state index in [4.69, 9.17) is 18.9 Å². The van der Waals surface area contributed by atoms with E-state index in [1.165, 1.54) is 133 Å². The molecule has 0 spiro atoms. The molecular formula is C60H113N3O10. The second-order valence-corrected chi connectivity index (χ2v) is 21.1. The first-order valence-corrected chi connectivity index (χ1v) is 30.4. The van der Waals surface area contributed by atoms with E-state index >= 15 is 0 Å². The Morgan fingerprint density at radius 2 is 0.712 bits per heavy atom. The molecule has 3 amide bonds. The van der Waals surface area contributed by atoms with Gasteiger partial charge in [0.2, 0.25) is 5.91 Å². The van der Waals surface area contributed by atoms with Crippen molar-refractivity contribution in [1.82, 2.24) is 15.1 Å². The normalized spacial score (nSPS) is 11.4. The van der Waals surface area contributed by atoms with E-state index in [0.29, 0.717) is 45.2 Å². The van der Waals surface area contributed by atoms with Gasteiger partial charge >= 0.3 is 29.9 Å². The van der Waals surface area contributed by atoms with Gasteiger partial charge in [-0.1, -0.05) is 156 Å². The van der Waals surface area contributed by atoms with Crippen LogP contribution in [0.15, 0.2) is 0 Å². The van der Waals surface area contributed by atoms with Gasteiger partial charge in [-0.25, -0.2) is 4.79 Å². The zero-order valence-electron chi connectivity index (χ0n) is 48.3. The lowest BCUT2D eigenvalue weighted by molar-refractivity contribution is -0.151. The Bertz CT molecular complexity index is 1250. The number of imide groups is 1. The third-order valence-electron chi connectivity index (χ3n) is 13.8. The molecule has 13 nitrogen and oxygen atoms in total. The number of unbranched alkanes of at least 4 members (excludes halogenated alkanes) is 22. The molecule has 0 aliphatic rings. The Hall–Kier alpha value is -3.22. The van der Waals surface area contributed by atoms with Crippen LogP contribution in [-0.4, -0.2) is 105 Å². The van der Waals surface area contributed by atoms with Crippen molar-refractivity contribution in [2.45, 2.75) is 297 Å². The number of nitrogens with zero attached hydrogens (tertiary/aromatic N) is 2. The van der Waals surface area contributed by atoms with E-state index in [-0.39, 0.29) is 82.4 Å². The SMILES string of the molecule is CCCCCCCCC(CCCCCCCC)OC(=O)CCCCC(=O)OCCC(CCOC(=O)CCCCC(=O)OC(CCCCCCCC)CCCCCCCC)C(=O)N(CCCN(C)C)C(=O)NCC. The maximum absolute atomic E-state index is 14.0. The third kappa shape index (κ3) is 43.7. The molecule has 73 heavy (non-hydrogen) atoms. The van der Waals surface area contributed by atoms with E-state index in [1.54, 1.807) is 6.92 Å². The molecule has 0 saturated carbocycles. The molecule has 0 saturated heterocycles. The van der Waals surface area contributed by atoms with Gasteiger partial charge in [-0.3, -0.25) is 28.9 Å². The summed E-state index contributed by atoms with van der Waals surface area (Å²) in [6.07, 6.45) is 35.9. The first-order valence-electron chi connectivity index (χ1n) is 30.4. The Morgan fingerprint density at radius 3 is 1.04 bits per heavy atom. The number of esters is 4. The van der Waals surface area contributed by atoms with E-state index in [2.05, 4.69) is 33.0 Å². The van der Waals surface area contributed by atoms with Gasteiger partial charge in [0.15, 0.2) is 0 Å². The predicted molar refractivity (Wildman–Crippen MR) is 297 cm³/mol. The van der Waals surface area contributed by atoms with Gasteiger partial charge in [0.05, 0.1) is 13.2 Å². The molecule has 0 aromatic rings. The highest BCUT2D eigenvalue weighted by Crippen LogP contribution is 2.21. The van der Waals surface area contributed by atoms with Gasteiger partial charge in [-0.05, 0) is 124 Å². The molecule has 0 heterocycles. The smallest absolute Gasteiger partial charge is 0.324 e. The maximum atomic E-state index is 14.0. The fourth-order valence-electron chi connectivity index (χ4n) is 9.19. The van der Waals surface area contributed by atoms with Gasteiger partial charge in [0.25, 0.3) is 0 Å². The van der Waals surface area contributed by atoms with Crippen LogP contribution in [0.3, 0.4) is 0 Å². The first kappa shape index (κ1) is 69.8. The number of urea groups is 1. The maximum Gasteiger partial charge on any atom is 0.324 e. The van der Waals surface area contributed by atoms with Crippen LogP contribution < -0.4 is 5.32 Å². The van der Waals surface area contributed by atoms with Crippen molar-refractivity contribution >= 4 is 35.8 Å². The lowest BCUT2D eigenvalue weighted by atomic mass is 10.00. The number of carbonyl (C=O) groups is 6. The average Bonchev–Trinajstić information content (AvgIpc) is 3.36. The van der Waals surface area contributed by atoms with E-state index in [9.17, 15) is 28.8 Å². The quantitative estimate of drug-likeness (QED) is 0.0351. The van der Waals surface area contributed by atoms with Crippen LogP contribution in [0.4, 0.5) is 4.79 Å². The molecule has 0 fully saturated rings. The fraction of sp³-hybridized carbons (Fsp3) is 0.900. The standard InChI is InChI=1S/C60H113N3O10/c1-8-13-17-21-25-29-38-53(39-30-26-22-18-14-9-2)72-57(66)44-35-33-42-55(64)70-50-46-52(59(68)63(60(69)61-12-5)49-37-48-62(6)7)47-51-71-56(65)43-34-36-45-58(67)73-54(40-31-27-23-19-15-10-3)41-32-28-24-20-16-11-4/h52-54H,8-51H2,1-7H3,(H,61,69). The number of hydrogen-bond acceptors (Lipinski definition) is 11. The second-order valence-electron chi connectivity index (χ2n) is 21.1. The summed E-state index contributed by atoms with van der Waals surface area (Å²) in [5.74, 6) is -2.41. The monoisotopic (exact) mass is 1040 g/mol.